The van der Waals surface area contributed by atoms with Crippen molar-refractivity contribution >= 4 is 127 Å². The Morgan fingerprint density at radius 2 is 1.14 bits per heavy atom. The van der Waals surface area contributed by atoms with Gasteiger partial charge in [-0.3, -0.25) is 67.1 Å². The van der Waals surface area contributed by atoms with Gasteiger partial charge in [-0.05, 0) is 61.2 Å². The number of hydrogen-bond donors (Lipinski definition) is 22. The molecule has 3 heterocycles. The molecule has 0 radical (unpaired) electrons. The van der Waals surface area contributed by atoms with Crippen LogP contribution in [0.4, 0.5) is 0 Å². The zero-order chi connectivity index (χ0) is 82.1. The van der Waals surface area contributed by atoms with E-state index >= 15 is 0 Å². The molecule has 0 spiro atoms. The standard InChI is InChI=1S/C70H88Br2N16O23/c1-32(9-10-35-11-15-38(71)16-12-35)19-50(93)42-25-54(97)78-48(29-89)64(104)83-47-28-88-27-40(76-31-88)21-44(61(101)86-56(34(3)91)68(108)84-49(30-90)65(105)80-43(60(100)79-42)20-36-7-5-4-6-8-36)77-53(96)23-41(92)22-46(70(110)111)82-66(106)51(94)26-75-67(107)55(33(2)37-13-17-39(72)18-14-37)85-69(109)57(58(98)59(74)99)87-62(102)45(24-52(73)95)81-63(47)103/h4-19,27,31,33-34,41-51,55-58,89-94,98H,20-26,28-30H2,1-3H3,(H17,73,74,75,77,78,79,80,81,82,83,84,85,86,87,95,96,97,99,100,101,102,103,104,105,106,107,108,109,110,111)/b10-9+,32-19+/t33-,34-,41+,42-,43-,44-,45-,46-,47+,48-,49-,50-,51-,55-,56-,57-,58+/m0/s1. The number of primary amides is 2. The SMILES string of the molecule is CC(/C=C/c1ccc(Br)cc1)=C\[C@H](O)[C@@H]1CC(=O)N[C@@H](CO)C(=O)N[C@@H]2C[n+]3c[nH]c(c3)C[C@H](NC(=O)C[C@H](O)C[C@@H](C(=O)[O-])NC(=O)[C@@H](O)CNC(=O)[C@H]([C@@H](C)c3ccc(Br)cc3)NC(=O)[C@H]([C@@H](O)C(N)=O)NC(=O)[C@H](CC(N)=O)NC2=O)C(=O)N[C@@H]([C@H](C)O)C(=O)N[C@@H](CO)C(=O)N[C@@H](Cc2ccccc2)C(=O)N1. The highest BCUT2D eigenvalue weighted by molar-refractivity contribution is 9.10. The lowest BCUT2D eigenvalue weighted by Gasteiger charge is -2.30. The molecule has 0 aliphatic carbocycles. The number of allylic oxidation sites excluding steroid dienone is 2. The van der Waals surface area contributed by atoms with Gasteiger partial charge >= 0.3 is 0 Å². The topological polar surface area (TPSA) is 637 Å². The van der Waals surface area contributed by atoms with E-state index in [1.54, 1.807) is 73.7 Å². The predicted octanol–water partition coefficient (Wildman–Crippen LogP) is -9.36. The highest BCUT2D eigenvalue weighted by Crippen LogP contribution is 2.23. The first-order valence-electron chi connectivity index (χ1n) is 34.4. The third kappa shape index (κ3) is 27.6. The van der Waals surface area contributed by atoms with Crippen LogP contribution in [0.5, 0.6) is 0 Å². The fraction of sp³-hybridized carbons (Fsp3) is 0.429. The Balaban J connectivity index is 1.51. The van der Waals surface area contributed by atoms with Crippen molar-refractivity contribution in [1.82, 2.24) is 68.8 Å². The maximum absolute atomic E-state index is 14.9. The van der Waals surface area contributed by atoms with Crippen LogP contribution in [0.2, 0.25) is 0 Å². The van der Waals surface area contributed by atoms with Gasteiger partial charge < -0.3 is 121 Å². The number of aromatic nitrogens is 2. The van der Waals surface area contributed by atoms with Crippen molar-refractivity contribution in [2.75, 3.05) is 19.8 Å². The summed E-state index contributed by atoms with van der Waals surface area (Å²) in [5, 5.41) is 117. The van der Waals surface area contributed by atoms with Crippen molar-refractivity contribution in [3.63, 3.8) is 0 Å². The number of carbonyl (C=O) groups is 15. The molecule has 4 aromatic rings. The quantitative estimate of drug-likeness (QED) is 0.0366. The van der Waals surface area contributed by atoms with Gasteiger partial charge in [0.05, 0.1) is 69.0 Å². The molecule has 6 rings (SSSR count). The molecule has 17 atom stereocenters. The minimum atomic E-state index is -2.71. The van der Waals surface area contributed by atoms with Crippen LogP contribution in [-0.4, -0.2) is 246 Å². The Hall–Kier alpha value is -10.9. The number of nitrogens with one attached hydrogen (secondary N) is 13. The van der Waals surface area contributed by atoms with E-state index in [2.05, 4.69) is 90.0 Å². The summed E-state index contributed by atoms with van der Waals surface area (Å²) in [6, 6.07) is -1.59. The summed E-state index contributed by atoms with van der Waals surface area (Å²) in [4.78, 5) is 213. The molecule has 39 nitrogen and oxygen atoms in total. The molecule has 14 amide bonds. The average Bonchev–Trinajstić information content (AvgIpc) is 1.49. The summed E-state index contributed by atoms with van der Waals surface area (Å²) in [5.41, 5.74) is 12.7. The molecule has 0 unspecified atom stereocenters. The number of aliphatic hydroxyl groups is 7. The van der Waals surface area contributed by atoms with Crippen LogP contribution in [0.1, 0.15) is 74.8 Å². The predicted molar refractivity (Wildman–Crippen MR) is 390 cm³/mol. The average molecular weight is 1680 g/mol. The molecule has 600 valence electrons. The van der Waals surface area contributed by atoms with Gasteiger partial charge in [0, 0.05) is 34.1 Å². The van der Waals surface area contributed by atoms with Crippen LogP contribution in [-0.2, 0) is 91.3 Å². The number of nitrogens with zero attached hydrogens (tertiary/aromatic N) is 1. The summed E-state index contributed by atoms with van der Waals surface area (Å²) in [5.74, 6) is -22.6. The van der Waals surface area contributed by atoms with Crippen molar-refractivity contribution in [2.45, 2.75) is 169 Å². The van der Waals surface area contributed by atoms with E-state index in [9.17, 15) is 113 Å². The molecule has 4 bridgehead atoms. The number of H-pyrrole nitrogens is 1. The molecule has 2 aliphatic heterocycles. The fourth-order valence-electron chi connectivity index (χ4n) is 11.4. The first kappa shape index (κ1) is 89.0. The first-order valence-corrected chi connectivity index (χ1v) is 36.0. The molecule has 2 aliphatic rings. The maximum Gasteiger partial charge on any atom is 0.251 e. The number of aliphatic hydroxyl groups excluding tert-OH is 7. The second-order valence-corrected chi connectivity index (χ2v) is 28.1. The zero-order valence-electron chi connectivity index (χ0n) is 59.8. The van der Waals surface area contributed by atoms with Crippen molar-refractivity contribution in [3.05, 3.63) is 140 Å². The third-order valence-corrected chi connectivity index (χ3v) is 18.5. The number of imidazole rings is 1. The lowest BCUT2D eigenvalue weighted by Crippen LogP contribution is -2.64. The summed E-state index contributed by atoms with van der Waals surface area (Å²) < 4.78 is 2.40. The number of carbonyl (C=O) groups excluding carboxylic acids is 15. The number of rotatable bonds is 16. The Kier molecular flexibility index (Phi) is 33.9. The molecular weight excluding hydrogens is 1590 g/mol. The van der Waals surface area contributed by atoms with Gasteiger partial charge in [-0.1, -0.05) is 117 Å². The van der Waals surface area contributed by atoms with Crippen LogP contribution < -0.4 is 84.9 Å². The van der Waals surface area contributed by atoms with E-state index in [1.165, 1.54) is 37.3 Å². The molecule has 1 aromatic heterocycles. The number of carboxylic acids is 1. The van der Waals surface area contributed by atoms with Gasteiger partial charge in [0.1, 0.15) is 78.9 Å². The summed E-state index contributed by atoms with van der Waals surface area (Å²) in [6.07, 6.45) is -9.52. The molecule has 24 N–H and O–H groups in total. The third-order valence-electron chi connectivity index (χ3n) is 17.5. The number of hydrogen-bond acceptors (Lipinski definition) is 23. The van der Waals surface area contributed by atoms with E-state index in [-0.39, 0.29) is 12.1 Å². The van der Waals surface area contributed by atoms with Crippen molar-refractivity contribution in [1.29, 1.82) is 0 Å². The van der Waals surface area contributed by atoms with Crippen LogP contribution in [0.25, 0.3) is 6.08 Å². The monoisotopic (exact) mass is 1680 g/mol. The van der Waals surface area contributed by atoms with Gasteiger partial charge in [0.25, 0.3) is 5.91 Å². The number of β-amino-alcohol motifs (C(OH)–C–C–N with tert-alkyl or cyclic N) is 1. The molecular formula is C70H88Br2N16O23. The second-order valence-electron chi connectivity index (χ2n) is 26.3. The van der Waals surface area contributed by atoms with Gasteiger partial charge in [-0.15, -0.1) is 0 Å². The Morgan fingerprint density at radius 3 is 1.76 bits per heavy atom. The van der Waals surface area contributed by atoms with Crippen LogP contribution in [0.3, 0.4) is 0 Å². The van der Waals surface area contributed by atoms with Gasteiger partial charge in [-0.2, -0.15) is 0 Å². The first-order chi connectivity index (χ1) is 52.4. The smallest absolute Gasteiger partial charge is 0.251 e. The number of carboxylic acid groups (broad SMARTS) is 1. The molecule has 0 saturated carbocycles. The van der Waals surface area contributed by atoms with Crippen molar-refractivity contribution < 1.29 is 117 Å². The maximum atomic E-state index is 14.9. The number of halogens is 2. The van der Waals surface area contributed by atoms with E-state index in [0.717, 1.165) is 28.5 Å². The van der Waals surface area contributed by atoms with E-state index in [0.29, 0.717) is 26.7 Å². The van der Waals surface area contributed by atoms with Crippen molar-refractivity contribution in [2.24, 2.45) is 11.5 Å². The van der Waals surface area contributed by atoms with Crippen molar-refractivity contribution in [3.8, 4) is 0 Å². The number of fused-ring (bicyclic) bond motifs is 2. The van der Waals surface area contributed by atoms with Gasteiger partial charge in [-0.25, -0.2) is 9.55 Å². The van der Waals surface area contributed by atoms with Crippen LogP contribution >= 0.6 is 31.9 Å². The minimum Gasteiger partial charge on any atom is -0.548 e. The molecule has 111 heavy (non-hydrogen) atoms. The van der Waals surface area contributed by atoms with Gasteiger partial charge in [0.2, 0.25) is 83.1 Å². The lowest BCUT2D eigenvalue weighted by atomic mass is 9.92. The number of aliphatic carboxylic acids is 1. The minimum absolute atomic E-state index is 0.113. The van der Waals surface area contributed by atoms with Crippen LogP contribution in [0, 0.1) is 0 Å². The normalized spacial score (nSPS) is 26.1. The second kappa shape index (κ2) is 42.3. The molecule has 0 fully saturated rings. The summed E-state index contributed by atoms with van der Waals surface area (Å²) in [6.45, 7) is -0.435. The zero-order valence-corrected chi connectivity index (χ0v) is 63.0. The number of aromatic amines is 1. The number of nitrogens with two attached hydrogens (primary N) is 2. The highest BCUT2D eigenvalue weighted by atomic mass is 79.9. The fourth-order valence-corrected chi connectivity index (χ4v) is 11.9. The molecule has 0 saturated heterocycles. The lowest BCUT2D eigenvalue weighted by molar-refractivity contribution is -0.696. The van der Waals surface area contributed by atoms with Crippen LogP contribution in [0.15, 0.2) is 118 Å². The number of amides is 14. The largest absolute Gasteiger partial charge is 0.548 e. The molecule has 41 heteroatoms. The summed E-state index contributed by atoms with van der Waals surface area (Å²) >= 11 is 6.65. The Bertz CT molecular complexity index is 4100. The van der Waals surface area contributed by atoms with E-state index < -0.39 is 250 Å². The van der Waals surface area contributed by atoms with E-state index in [1.807, 2.05) is 10.6 Å². The summed E-state index contributed by atoms with van der Waals surface area (Å²) in [7, 11) is 0. The number of benzene rings is 3. The van der Waals surface area contributed by atoms with E-state index in [4.69, 9.17) is 11.5 Å². The highest BCUT2D eigenvalue weighted by Gasteiger charge is 2.42. The molecule has 3 aromatic carbocycles. The Morgan fingerprint density at radius 1 is 0.595 bits per heavy atom. The van der Waals surface area contributed by atoms with Gasteiger partial charge in [0.15, 0.2) is 6.10 Å². The Labute approximate surface area is 650 Å².